The Hall–Kier alpha value is -2.37. The van der Waals surface area contributed by atoms with Crippen LogP contribution in [0.4, 0.5) is 0 Å². The lowest BCUT2D eigenvalue weighted by Crippen LogP contribution is -2.54. The van der Waals surface area contributed by atoms with Crippen LogP contribution in [0.15, 0.2) is 54.6 Å². The van der Waals surface area contributed by atoms with Gasteiger partial charge in [0.15, 0.2) is 0 Å². The number of aliphatic hydroxyl groups is 1. The minimum atomic E-state index is -0.985. The minimum absolute atomic E-state index is 0.197. The number of benzene rings is 2. The average Bonchev–Trinajstić information content (AvgIpc) is 3.23. The molecule has 28 heavy (non-hydrogen) atoms. The van der Waals surface area contributed by atoms with E-state index in [2.05, 4.69) is 10.6 Å². The second kappa shape index (κ2) is 9.22. The summed E-state index contributed by atoms with van der Waals surface area (Å²) >= 11 is 5.86. The number of carbonyl (C=O) groups is 2. The molecule has 6 heteroatoms. The first kappa shape index (κ1) is 20.4. The third-order valence-corrected chi connectivity index (χ3v) is 5.65. The lowest BCUT2D eigenvalue weighted by molar-refractivity contribution is -0.133. The molecule has 2 amide bonds. The second-order valence-corrected chi connectivity index (χ2v) is 7.64. The van der Waals surface area contributed by atoms with Crippen molar-refractivity contribution in [3.63, 3.8) is 0 Å². The van der Waals surface area contributed by atoms with Gasteiger partial charge in [0.2, 0.25) is 11.8 Å². The molecule has 3 rings (SSSR count). The van der Waals surface area contributed by atoms with Crippen LogP contribution in [0.5, 0.6) is 0 Å². The molecule has 0 aliphatic heterocycles. The Morgan fingerprint density at radius 3 is 2.29 bits per heavy atom. The van der Waals surface area contributed by atoms with Crippen molar-refractivity contribution < 1.29 is 14.7 Å². The fraction of sp³-hybridized carbons (Fsp3) is 0.364. The molecular formula is C22H25ClN2O3. The highest BCUT2D eigenvalue weighted by Crippen LogP contribution is 2.41. The summed E-state index contributed by atoms with van der Waals surface area (Å²) in [6, 6.07) is 15.8. The predicted molar refractivity (Wildman–Crippen MR) is 109 cm³/mol. The molecule has 1 atom stereocenters. The maximum atomic E-state index is 13.1. The lowest BCUT2D eigenvalue weighted by Gasteiger charge is -2.30. The molecule has 3 N–H and O–H groups in total. The summed E-state index contributed by atoms with van der Waals surface area (Å²) in [6.07, 6.45) is 3.42. The maximum Gasteiger partial charge on any atom is 0.245 e. The molecule has 1 aliphatic carbocycles. The fourth-order valence-corrected chi connectivity index (χ4v) is 3.91. The van der Waals surface area contributed by atoms with Crippen LogP contribution in [0.25, 0.3) is 0 Å². The first-order valence-electron chi connectivity index (χ1n) is 9.55. The van der Waals surface area contributed by atoms with Gasteiger partial charge in [-0.05, 0) is 36.1 Å². The van der Waals surface area contributed by atoms with Crippen molar-refractivity contribution >= 4 is 23.4 Å². The van der Waals surface area contributed by atoms with Crippen LogP contribution >= 0.6 is 11.6 Å². The van der Waals surface area contributed by atoms with Gasteiger partial charge in [-0.1, -0.05) is 66.9 Å². The molecule has 0 spiro atoms. The predicted octanol–water partition coefficient (Wildman–Crippen LogP) is 2.95. The van der Waals surface area contributed by atoms with E-state index >= 15 is 0 Å². The number of rotatable bonds is 7. The second-order valence-electron chi connectivity index (χ2n) is 7.21. The summed E-state index contributed by atoms with van der Waals surface area (Å²) < 4.78 is 0. The maximum absolute atomic E-state index is 13.1. The first-order valence-corrected chi connectivity index (χ1v) is 9.92. The molecule has 2 aromatic rings. The number of nitrogens with one attached hydrogen (secondary N) is 2. The molecular weight excluding hydrogens is 376 g/mol. The monoisotopic (exact) mass is 400 g/mol. The van der Waals surface area contributed by atoms with E-state index in [9.17, 15) is 14.7 Å². The Labute approximate surface area is 170 Å². The standard InChI is InChI=1S/C22H25ClN2O3/c23-18-10-8-16(9-11-18)14-24-20(27)19(15-26)25-21(28)22(12-4-5-13-22)17-6-2-1-3-7-17/h1-3,6-11,19,26H,4-5,12-15H2,(H,24,27)(H,25,28). The van der Waals surface area contributed by atoms with Crippen LogP contribution in [0.2, 0.25) is 5.02 Å². The summed E-state index contributed by atoms with van der Waals surface area (Å²) in [5.41, 5.74) is 1.21. The van der Waals surface area contributed by atoms with Gasteiger partial charge in [-0.3, -0.25) is 9.59 Å². The summed E-state index contributed by atoms with van der Waals surface area (Å²) in [5, 5.41) is 15.8. The van der Waals surface area contributed by atoms with Crippen molar-refractivity contribution in [3.8, 4) is 0 Å². The molecule has 0 aromatic heterocycles. The van der Waals surface area contributed by atoms with E-state index in [1.165, 1.54) is 0 Å². The van der Waals surface area contributed by atoms with Crippen LogP contribution in [0, 0.1) is 0 Å². The third-order valence-electron chi connectivity index (χ3n) is 5.40. The zero-order valence-corrected chi connectivity index (χ0v) is 16.4. The molecule has 0 saturated heterocycles. The molecule has 1 aliphatic rings. The third kappa shape index (κ3) is 4.54. The van der Waals surface area contributed by atoms with Crippen molar-refractivity contribution in [2.75, 3.05) is 6.61 Å². The van der Waals surface area contributed by atoms with E-state index in [0.29, 0.717) is 11.6 Å². The highest BCUT2D eigenvalue weighted by molar-refractivity contribution is 6.30. The number of halogens is 1. The Morgan fingerprint density at radius 2 is 1.68 bits per heavy atom. The summed E-state index contributed by atoms with van der Waals surface area (Å²) in [5.74, 6) is -0.607. The molecule has 148 valence electrons. The van der Waals surface area contributed by atoms with Gasteiger partial charge in [0.05, 0.1) is 12.0 Å². The van der Waals surface area contributed by atoms with Crippen LogP contribution in [-0.4, -0.2) is 29.6 Å². The van der Waals surface area contributed by atoms with E-state index in [1.807, 2.05) is 42.5 Å². The van der Waals surface area contributed by atoms with Gasteiger partial charge in [-0.15, -0.1) is 0 Å². The van der Waals surface area contributed by atoms with Gasteiger partial charge >= 0.3 is 0 Å². The van der Waals surface area contributed by atoms with Crippen molar-refractivity contribution in [3.05, 3.63) is 70.7 Å². The number of carbonyl (C=O) groups excluding carboxylic acids is 2. The van der Waals surface area contributed by atoms with E-state index in [4.69, 9.17) is 11.6 Å². The molecule has 2 aromatic carbocycles. The van der Waals surface area contributed by atoms with Crippen LogP contribution in [0.1, 0.15) is 36.8 Å². The van der Waals surface area contributed by atoms with Crippen molar-refractivity contribution in [2.24, 2.45) is 0 Å². The smallest absolute Gasteiger partial charge is 0.245 e. The molecule has 5 nitrogen and oxygen atoms in total. The first-order chi connectivity index (χ1) is 13.5. The molecule has 0 bridgehead atoms. The van der Waals surface area contributed by atoms with Gasteiger partial charge < -0.3 is 15.7 Å². The summed E-state index contributed by atoms with van der Waals surface area (Å²) in [6.45, 7) is -0.157. The number of aliphatic hydroxyl groups excluding tert-OH is 1. The van der Waals surface area contributed by atoms with E-state index in [0.717, 1.165) is 36.8 Å². The van der Waals surface area contributed by atoms with Crippen molar-refractivity contribution in [1.82, 2.24) is 10.6 Å². The van der Waals surface area contributed by atoms with E-state index in [-0.39, 0.29) is 5.91 Å². The molecule has 0 heterocycles. The summed E-state index contributed by atoms with van der Waals surface area (Å²) in [4.78, 5) is 25.6. The number of hydrogen-bond acceptors (Lipinski definition) is 3. The topological polar surface area (TPSA) is 78.4 Å². The van der Waals surface area contributed by atoms with Crippen LogP contribution in [-0.2, 0) is 21.5 Å². The minimum Gasteiger partial charge on any atom is -0.394 e. The number of hydrogen-bond donors (Lipinski definition) is 3. The lowest BCUT2D eigenvalue weighted by atomic mass is 9.78. The van der Waals surface area contributed by atoms with Crippen LogP contribution < -0.4 is 10.6 Å². The Kier molecular flexibility index (Phi) is 6.70. The van der Waals surface area contributed by atoms with Gasteiger partial charge in [0.25, 0.3) is 0 Å². The van der Waals surface area contributed by atoms with Gasteiger partial charge in [-0.25, -0.2) is 0 Å². The SMILES string of the molecule is O=C(NCc1ccc(Cl)cc1)C(CO)NC(=O)C1(c2ccccc2)CCCC1. The highest BCUT2D eigenvalue weighted by Gasteiger charge is 2.43. The molecule has 1 saturated carbocycles. The van der Waals surface area contributed by atoms with Crippen molar-refractivity contribution in [2.45, 2.75) is 43.7 Å². The Balaban J connectivity index is 1.66. The quantitative estimate of drug-likeness (QED) is 0.668. The Bertz CT molecular complexity index is 802. The highest BCUT2D eigenvalue weighted by atomic mass is 35.5. The van der Waals surface area contributed by atoms with Gasteiger partial charge in [-0.2, -0.15) is 0 Å². The van der Waals surface area contributed by atoms with E-state index < -0.39 is 24.0 Å². The fourth-order valence-electron chi connectivity index (χ4n) is 3.79. The normalized spacial score (nSPS) is 16.4. The zero-order valence-electron chi connectivity index (χ0n) is 15.7. The van der Waals surface area contributed by atoms with Gasteiger partial charge in [0.1, 0.15) is 6.04 Å². The van der Waals surface area contributed by atoms with Gasteiger partial charge in [0, 0.05) is 11.6 Å². The molecule has 1 fully saturated rings. The Morgan fingerprint density at radius 1 is 1.04 bits per heavy atom. The summed E-state index contributed by atoms with van der Waals surface area (Å²) in [7, 11) is 0. The molecule has 0 radical (unpaired) electrons. The van der Waals surface area contributed by atoms with Crippen molar-refractivity contribution in [1.29, 1.82) is 0 Å². The van der Waals surface area contributed by atoms with Crippen LogP contribution in [0.3, 0.4) is 0 Å². The zero-order chi connectivity index (χ0) is 20.0. The largest absolute Gasteiger partial charge is 0.394 e. The average molecular weight is 401 g/mol. The number of amides is 2. The van der Waals surface area contributed by atoms with E-state index in [1.54, 1.807) is 12.1 Å². The molecule has 1 unspecified atom stereocenters.